The average molecular weight is 936 g/mol. The molecule has 0 fully saturated rings. The fourth-order valence-corrected chi connectivity index (χ4v) is 7.89. The van der Waals surface area contributed by atoms with Gasteiger partial charge in [-0.25, -0.2) is 33.3 Å². The number of hydrogen-bond donors (Lipinski definition) is 0. The summed E-state index contributed by atoms with van der Waals surface area (Å²) in [6.45, 7) is 11.9. The lowest BCUT2D eigenvalue weighted by Crippen LogP contribution is -2.01. The second-order valence-electron chi connectivity index (χ2n) is 14.8. The molecule has 0 unspecified atom stereocenters. The van der Waals surface area contributed by atoms with Gasteiger partial charge in [-0.05, 0) is 129 Å². The highest BCUT2D eigenvalue weighted by Crippen LogP contribution is 2.39. The molecule has 2 aromatic carbocycles. The Kier molecular flexibility index (Phi) is 12.6. The van der Waals surface area contributed by atoms with Gasteiger partial charge in [-0.2, -0.15) is 20.4 Å². The van der Waals surface area contributed by atoms with E-state index >= 15 is 0 Å². The number of fused-ring (bicyclic) bond motifs is 2. The molecule has 14 nitrogen and oxygen atoms in total. The summed E-state index contributed by atoms with van der Waals surface area (Å²) >= 11 is 9.60. The van der Waals surface area contributed by atoms with E-state index in [-0.39, 0.29) is 0 Å². The first-order chi connectivity index (χ1) is 30.9. The van der Waals surface area contributed by atoms with Crippen molar-refractivity contribution in [3.63, 3.8) is 0 Å². The number of nitrogens with zero attached hydrogens (tertiary/aromatic N) is 12. The summed E-state index contributed by atoms with van der Waals surface area (Å²) in [4.78, 5) is 18.1. The standard InChI is InChI=1S/C24H22N6O.C18H16ClN5O.C6H6BrN/c1-15-7-5-10-25-23(15)20-13-16(2)27-24-22(17(3)28-30(20)24)19-9-8-18(14-21(19)31-4)29-12-6-11-26-29;1-11-9-16(19)24-18(21-11)17(12(2)22-24)14-6-5-13(10-15(14)25-3)23-8-4-7-20-23;1-5-3-2-4-8-6(5)7/h5-14H,1-4H3;4-10H,1-3H3;2-4H,1H3. The molecule has 0 atom stereocenters. The quantitative estimate of drug-likeness (QED) is 0.112. The van der Waals surface area contributed by atoms with Crippen LogP contribution in [0.5, 0.6) is 11.5 Å². The average Bonchev–Trinajstić information content (AvgIpc) is 4.13. The SMILES string of the molecule is COc1cc(-n2cccn2)ccc1-c1c(C)nn2c(-c3ncccc3C)cc(C)nc12.COc1cc(-n2cccn2)ccc1-c1c(C)nn2c(Cl)cc(C)nc12.Cc1cccnc1Br. The van der Waals surface area contributed by atoms with E-state index < -0.39 is 0 Å². The van der Waals surface area contributed by atoms with Crippen LogP contribution in [0.15, 0.2) is 127 Å². The van der Waals surface area contributed by atoms with Gasteiger partial charge < -0.3 is 9.47 Å². The summed E-state index contributed by atoms with van der Waals surface area (Å²) < 4.78 is 19.4. The van der Waals surface area contributed by atoms with Gasteiger partial charge in [0.25, 0.3) is 0 Å². The smallest absolute Gasteiger partial charge is 0.165 e. The van der Waals surface area contributed by atoms with Crippen LogP contribution >= 0.6 is 27.5 Å². The zero-order chi connectivity index (χ0) is 45.1. The molecule has 64 heavy (non-hydrogen) atoms. The zero-order valence-electron chi connectivity index (χ0n) is 36.5. The maximum Gasteiger partial charge on any atom is 0.165 e. The number of aryl methyl sites for hydroxylation is 6. The predicted molar refractivity (Wildman–Crippen MR) is 253 cm³/mol. The zero-order valence-corrected chi connectivity index (χ0v) is 38.8. The first-order valence-electron chi connectivity index (χ1n) is 20.2. The second kappa shape index (κ2) is 18.6. The highest BCUT2D eigenvalue weighted by atomic mass is 79.9. The van der Waals surface area contributed by atoms with Crippen molar-refractivity contribution in [2.75, 3.05) is 14.2 Å². The van der Waals surface area contributed by atoms with Crippen LogP contribution in [0.1, 0.15) is 33.9 Å². The van der Waals surface area contributed by atoms with Crippen LogP contribution in [0.2, 0.25) is 5.15 Å². The van der Waals surface area contributed by atoms with Gasteiger partial charge in [-0.1, -0.05) is 23.7 Å². The van der Waals surface area contributed by atoms with Crippen LogP contribution in [0.25, 0.3) is 56.3 Å². The van der Waals surface area contributed by atoms with Gasteiger partial charge in [0, 0.05) is 71.8 Å². The van der Waals surface area contributed by atoms with Gasteiger partial charge in [0.05, 0.1) is 59.5 Å². The Labute approximate surface area is 383 Å². The molecule has 0 N–H and O–H groups in total. The Morgan fingerprint density at radius 3 is 1.56 bits per heavy atom. The van der Waals surface area contributed by atoms with Crippen LogP contribution in [0.4, 0.5) is 0 Å². The summed E-state index contributed by atoms with van der Waals surface area (Å²) in [6, 6.07) is 27.5. The van der Waals surface area contributed by atoms with Gasteiger partial charge in [-0.3, -0.25) is 4.98 Å². The number of methoxy groups -OCH3 is 2. The minimum atomic E-state index is 0.531. The summed E-state index contributed by atoms with van der Waals surface area (Å²) in [5.41, 5.74) is 14.6. The molecule has 0 saturated carbocycles. The molecular formula is C48H44BrClN12O2. The van der Waals surface area contributed by atoms with Crippen LogP contribution in [0.3, 0.4) is 0 Å². The van der Waals surface area contributed by atoms with Crippen molar-refractivity contribution in [1.29, 1.82) is 0 Å². The molecule has 10 aromatic rings. The molecule has 0 aliphatic heterocycles. The predicted octanol–water partition coefficient (Wildman–Crippen LogP) is 10.6. The Bertz CT molecular complexity index is 3230. The number of rotatable bonds is 7. The number of ether oxygens (including phenoxy) is 2. The molecule has 8 heterocycles. The summed E-state index contributed by atoms with van der Waals surface area (Å²) in [5.74, 6) is 1.47. The molecule has 8 aromatic heterocycles. The monoisotopic (exact) mass is 934 g/mol. The van der Waals surface area contributed by atoms with Crippen molar-refractivity contribution in [2.24, 2.45) is 0 Å². The van der Waals surface area contributed by atoms with E-state index in [2.05, 4.69) is 59.2 Å². The largest absolute Gasteiger partial charge is 0.496 e. The van der Waals surface area contributed by atoms with E-state index in [0.717, 1.165) is 95.1 Å². The van der Waals surface area contributed by atoms with Crippen LogP contribution in [0, 0.1) is 41.5 Å². The third-order valence-electron chi connectivity index (χ3n) is 10.4. The number of hydrogen-bond acceptors (Lipinski definition) is 10. The lowest BCUT2D eigenvalue weighted by molar-refractivity contribution is 0.416. The van der Waals surface area contributed by atoms with Crippen LogP contribution in [-0.4, -0.2) is 72.9 Å². The molecular weight excluding hydrogens is 892 g/mol. The first-order valence-corrected chi connectivity index (χ1v) is 21.4. The highest BCUT2D eigenvalue weighted by molar-refractivity contribution is 9.10. The van der Waals surface area contributed by atoms with Crippen molar-refractivity contribution in [1.82, 2.24) is 58.7 Å². The number of benzene rings is 2. The number of halogens is 2. The van der Waals surface area contributed by atoms with Crippen molar-refractivity contribution < 1.29 is 9.47 Å². The van der Waals surface area contributed by atoms with E-state index in [1.54, 1.807) is 59.0 Å². The van der Waals surface area contributed by atoms with Gasteiger partial charge in [0.1, 0.15) is 21.3 Å². The molecule has 0 aliphatic rings. The van der Waals surface area contributed by atoms with Crippen molar-refractivity contribution >= 4 is 38.8 Å². The lowest BCUT2D eigenvalue weighted by Gasteiger charge is -2.12. The van der Waals surface area contributed by atoms with E-state index in [9.17, 15) is 0 Å². The van der Waals surface area contributed by atoms with E-state index in [1.165, 1.54) is 5.56 Å². The Morgan fingerprint density at radius 1 is 0.562 bits per heavy atom. The van der Waals surface area contributed by atoms with E-state index in [0.29, 0.717) is 10.8 Å². The minimum absolute atomic E-state index is 0.531. The van der Waals surface area contributed by atoms with Gasteiger partial charge in [0.2, 0.25) is 0 Å². The van der Waals surface area contributed by atoms with Gasteiger partial charge >= 0.3 is 0 Å². The van der Waals surface area contributed by atoms with Crippen molar-refractivity contribution in [3.8, 4) is 56.5 Å². The molecule has 0 amide bonds. The molecule has 322 valence electrons. The molecule has 10 rings (SSSR count). The highest BCUT2D eigenvalue weighted by Gasteiger charge is 2.22. The third-order valence-corrected chi connectivity index (χ3v) is 11.5. The van der Waals surface area contributed by atoms with Gasteiger partial charge in [-0.15, -0.1) is 0 Å². The fraction of sp³-hybridized carbons (Fsp3) is 0.167. The molecule has 0 spiro atoms. The van der Waals surface area contributed by atoms with Crippen LogP contribution in [-0.2, 0) is 0 Å². The number of aromatic nitrogens is 12. The number of pyridine rings is 2. The molecule has 16 heteroatoms. The molecule has 0 saturated heterocycles. The Balaban J connectivity index is 0.000000152. The third kappa shape index (κ3) is 8.72. The molecule has 0 bridgehead atoms. The first kappa shape index (κ1) is 43.4. The molecule has 0 aliphatic carbocycles. The maximum atomic E-state index is 6.32. The van der Waals surface area contributed by atoms with Crippen LogP contribution < -0.4 is 9.47 Å². The molecule has 0 radical (unpaired) electrons. The van der Waals surface area contributed by atoms with Gasteiger partial charge in [0.15, 0.2) is 11.3 Å². The van der Waals surface area contributed by atoms with E-state index in [4.69, 9.17) is 31.2 Å². The summed E-state index contributed by atoms with van der Waals surface area (Å²) in [6.07, 6.45) is 10.9. The Hall–Kier alpha value is -7.23. The second-order valence-corrected chi connectivity index (χ2v) is 16.0. The topological polar surface area (TPSA) is 140 Å². The van der Waals surface area contributed by atoms with Crippen molar-refractivity contribution in [2.45, 2.75) is 41.5 Å². The fourth-order valence-electron chi connectivity index (χ4n) is 7.37. The lowest BCUT2D eigenvalue weighted by atomic mass is 10.0. The normalized spacial score (nSPS) is 11.0. The minimum Gasteiger partial charge on any atom is -0.496 e. The summed E-state index contributed by atoms with van der Waals surface area (Å²) in [5, 5.41) is 18.5. The Morgan fingerprint density at radius 2 is 1.08 bits per heavy atom. The maximum absolute atomic E-state index is 6.32. The van der Waals surface area contributed by atoms with E-state index in [1.807, 2.05) is 124 Å². The summed E-state index contributed by atoms with van der Waals surface area (Å²) in [7, 11) is 3.33. The van der Waals surface area contributed by atoms with Crippen molar-refractivity contribution in [3.05, 3.63) is 166 Å².